The van der Waals surface area contributed by atoms with Gasteiger partial charge in [-0.3, -0.25) is 5.32 Å². The summed E-state index contributed by atoms with van der Waals surface area (Å²) in [6.45, 7) is 13.5. The largest absolute Gasteiger partial charge is 0.511 e. The molecule has 2 aromatic rings. The summed E-state index contributed by atoms with van der Waals surface area (Å²) in [7, 11) is 1.50. The van der Waals surface area contributed by atoms with Gasteiger partial charge in [0.1, 0.15) is 40.5 Å². The van der Waals surface area contributed by atoms with E-state index in [4.69, 9.17) is 13.9 Å². The maximum atomic E-state index is 10.1. The summed E-state index contributed by atoms with van der Waals surface area (Å²) in [6, 6.07) is 3.81. The smallest absolute Gasteiger partial charge is 0.367 e. The molecule has 11 heteroatoms. The maximum absolute atomic E-state index is 10.1. The number of nitrogens with zero attached hydrogens (tertiary/aromatic N) is 3. The first-order valence-electron chi connectivity index (χ1n) is 10.6. The van der Waals surface area contributed by atoms with E-state index in [1.165, 1.54) is 23.8 Å². The molecule has 0 aromatic carbocycles. The number of aliphatic hydroxyl groups is 1. The van der Waals surface area contributed by atoms with Crippen LogP contribution in [0.4, 0.5) is 11.6 Å². The van der Waals surface area contributed by atoms with Crippen molar-refractivity contribution in [2.24, 2.45) is 0 Å². The topological polar surface area (TPSA) is 99.8 Å². The summed E-state index contributed by atoms with van der Waals surface area (Å²) in [5, 5.41) is 22.7. The van der Waals surface area contributed by atoms with E-state index in [1.807, 2.05) is 31.4 Å². The molecule has 0 radical (unpaired) electrons. The molecule has 0 amide bonds. The first-order valence-corrected chi connectivity index (χ1v) is 12.2. The van der Waals surface area contributed by atoms with Crippen LogP contribution >= 0.6 is 23.7 Å². The SMILES string of the molecule is CC[C@@H](Nc1c(N/C(C)=C/S/C(SN(CC)CC)=C(\C)O)no[n+]1OC)c1ccc(C)o1. The van der Waals surface area contributed by atoms with Gasteiger partial charge in [-0.1, -0.05) is 37.2 Å². The van der Waals surface area contributed by atoms with Gasteiger partial charge in [0, 0.05) is 18.8 Å². The van der Waals surface area contributed by atoms with Crippen LogP contribution in [0.1, 0.15) is 58.6 Å². The molecule has 0 saturated carbocycles. The zero-order valence-electron chi connectivity index (χ0n) is 19.8. The Morgan fingerprint density at radius 3 is 2.56 bits per heavy atom. The van der Waals surface area contributed by atoms with Crippen LogP contribution in [0, 0.1) is 6.92 Å². The number of anilines is 2. The van der Waals surface area contributed by atoms with Gasteiger partial charge >= 0.3 is 11.6 Å². The van der Waals surface area contributed by atoms with Gasteiger partial charge in [-0.2, -0.15) is 0 Å². The fourth-order valence-corrected chi connectivity index (χ4v) is 4.53. The summed E-state index contributed by atoms with van der Waals surface area (Å²) in [5.41, 5.74) is 0.829. The average Bonchev–Trinajstić information content (AvgIpc) is 3.37. The Kier molecular flexibility index (Phi) is 10.3. The van der Waals surface area contributed by atoms with Crippen LogP contribution in [-0.4, -0.2) is 34.8 Å². The Morgan fingerprint density at radius 2 is 2.03 bits per heavy atom. The summed E-state index contributed by atoms with van der Waals surface area (Å²) < 4.78 is 14.0. The van der Waals surface area contributed by atoms with Crippen molar-refractivity contribution < 1.29 is 23.9 Å². The number of rotatable bonds is 13. The van der Waals surface area contributed by atoms with E-state index in [-0.39, 0.29) is 11.8 Å². The fourth-order valence-electron chi connectivity index (χ4n) is 2.76. The van der Waals surface area contributed by atoms with E-state index in [9.17, 15) is 5.11 Å². The predicted molar refractivity (Wildman–Crippen MR) is 130 cm³/mol. The Hall–Kier alpha value is -2.24. The van der Waals surface area contributed by atoms with Crippen LogP contribution in [0.15, 0.2) is 42.3 Å². The second kappa shape index (κ2) is 12.7. The second-order valence-corrected chi connectivity index (χ2v) is 9.23. The lowest BCUT2D eigenvalue weighted by Gasteiger charge is -2.18. The molecular formula is C21H34N5O4S2+. The van der Waals surface area contributed by atoms with Gasteiger partial charge in [-0.15, -0.1) is 0 Å². The number of hydrogen-bond acceptors (Lipinski definition) is 10. The first kappa shape index (κ1) is 26.0. The highest BCUT2D eigenvalue weighted by Crippen LogP contribution is 2.35. The number of aliphatic hydroxyl groups excluding tert-OH is 1. The van der Waals surface area contributed by atoms with Crippen molar-refractivity contribution in [3.05, 3.63) is 44.8 Å². The Bertz CT molecular complexity index is 917. The molecule has 0 saturated heterocycles. The normalized spacial score (nSPS) is 13.8. The lowest BCUT2D eigenvalue weighted by Crippen LogP contribution is -2.41. The van der Waals surface area contributed by atoms with Crippen molar-refractivity contribution in [1.29, 1.82) is 0 Å². The molecule has 0 aliphatic rings. The molecule has 0 bridgehead atoms. The van der Waals surface area contributed by atoms with Crippen LogP contribution in [0.5, 0.6) is 0 Å². The van der Waals surface area contributed by atoms with Crippen molar-refractivity contribution in [3.8, 4) is 0 Å². The highest BCUT2D eigenvalue weighted by Gasteiger charge is 2.29. The van der Waals surface area contributed by atoms with Gasteiger partial charge in [0.05, 0.1) is 4.24 Å². The van der Waals surface area contributed by atoms with Crippen molar-refractivity contribution in [3.63, 3.8) is 0 Å². The minimum atomic E-state index is -0.0826. The van der Waals surface area contributed by atoms with Gasteiger partial charge in [-0.05, 0) is 56.7 Å². The average molecular weight is 485 g/mol. The number of allylic oxidation sites excluding steroid dienone is 2. The van der Waals surface area contributed by atoms with Crippen LogP contribution in [0.2, 0.25) is 0 Å². The Balaban J connectivity index is 2.16. The van der Waals surface area contributed by atoms with Crippen LogP contribution in [0.25, 0.3) is 0 Å². The summed E-state index contributed by atoms with van der Waals surface area (Å²) in [4.78, 5) is 6.48. The summed E-state index contributed by atoms with van der Waals surface area (Å²) in [5.74, 6) is 2.98. The van der Waals surface area contributed by atoms with Crippen LogP contribution in [-0.2, 0) is 0 Å². The van der Waals surface area contributed by atoms with E-state index in [0.29, 0.717) is 11.6 Å². The van der Waals surface area contributed by atoms with Crippen molar-refractivity contribution >= 4 is 35.3 Å². The molecule has 0 aliphatic heterocycles. The molecule has 0 fully saturated rings. The minimum absolute atomic E-state index is 0.0826. The molecule has 2 rings (SSSR count). The quantitative estimate of drug-likeness (QED) is 0.259. The molecule has 0 spiro atoms. The number of aromatic nitrogens is 2. The number of hydrogen-bond donors (Lipinski definition) is 3. The third-order valence-electron chi connectivity index (χ3n) is 4.47. The molecule has 9 nitrogen and oxygen atoms in total. The van der Waals surface area contributed by atoms with E-state index in [0.717, 1.165) is 41.0 Å². The number of furan rings is 1. The van der Waals surface area contributed by atoms with Gasteiger partial charge in [0.15, 0.2) is 0 Å². The van der Waals surface area contributed by atoms with Crippen molar-refractivity contribution in [2.75, 3.05) is 30.8 Å². The highest BCUT2D eigenvalue weighted by molar-refractivity contribution is 8.22. The molecule has 0 unspecified atom stereocenters. The summed E-state index contributed by atoms with van der Waals surface area (Å²) >= 11 is 2.99. The summed E-state index contributed by atoms with van der Waals surface area (Å²) in [6.07, 6.45) is 0.790. The van der Waals surface area contributed by atoms with E-state index in [1.54, 1.807) is 18.9 Å². The van der Waals surface area contributed by atoms with Crippen molar-refractivity contribution in [2.45, 2.75) is 54.0 Å². The van der Waals surface area contributed by atoms with E-state index in [2.05, 4.69) is 40.9 Å². The third-order valence-corrected chi connectivity index (χ3v) is 7.20. The lowest BCUT2D eigenvalue weighted by atomic mass is 10.2. The van der Waals surface area contributed by atoms with Crippen LogP contribution in [0.3, 0.4) is 0 Å². The Labute approximate surface area is 198 Å². The molecule has 0 aliphatic carbocycles. The van der Waals surface area contributed by atoms with E-state index < -0.39 is 0 Å². The maximum Gasteiger partial charge on any atom is 0.367 e. The fraction of sp³-hybridized carbons (Fsp3) is 0.524. The standard InChI is InChI=1S/C21H33N5O4S2/c1-8-17(18-12-11-15(5)29-18)23-20-19(24-30-26(20)28-7)22-14(4)13-31-21(16(6)27)32-25(9-2)10-3/h11-13,17H,8-10H2,1-7H3,(H2,22,24,27)/p+1/b14-13+,21-16-/t17-/m1/s1. The predicted octanol–water partition coefficient (Wildman–Crippen LogP) is 5.23. The van der Waals surface area contributed by atoms with Gasteiger partial charge in [0.2, 0.25) is 0 Å². The van der Waals surface area contributed by atoms with Crippen LogP contribution < -0.4 is 20.4 Å². The zero-order chi connectivity index (χ0) is 23.7. The van der Waals surface area contributed by atoms with Gasteiger partial charge in [0.25, 0.3) is 0 Å². The monoisotopic (exact) mass is 484 g/mol. The van der Waals surface area contributed by atoms with Crippen molar-refractivity contribution in [1.82, 2.24) is 9.46 Å². The molecule has 1 atom stereocenters. The van der Waals surface area contributed by atoms with Gasteiger partial charge in [-0.25, -0.2) is 4.31 Å². The van der Waals surface area contributed by atoms with E-state index >= 15 is 0 Å². The number of aryl methyl sites for hydroxylation is 1. The number of thioether (sulfide) groups is 1. The molecular weight excluding hydrogens is 450 g/mol. The highest BCUT2D eigenvalue weighted by atomic mass is 32.2. The third kappa shape index (κ3) is 7.14. The molecule has 2 aromatic heterocycles. The molecule has 3 N–H and O–H groups in total. The molecule has 32 heavy (non-hydrogen) atoms. The molecule has 2 heterocycles. The Morgan fingerprint density at radius 1 is 1.31 bits per heavy atom. The second-order valence-electron chi connectivity index (χ2n) is 6.99. The number of nitrogens with one attached hydrogen (secondary N) is 2. The lowest BCUT2D eigenvalue weighted by molar-refractivity contribution is -1.01. The minimum Gasteiger partial charge on any atom is -0.511 e. The first-order chi connectivity index (χ1) is 15.3. The van der Waals surface area contributed by atoms with Gasteiger partial charge < -0.3 is 19.7 Å². The molecule has 178 valence electrons. The zero-order valence-corrected chi connectivity index (χ0v) is 21.4.